The lowest BCUT2D eigenvalue weighted by atomic mass is 10.0. The van der Waals surface area contributed by atoms with Gasteiger partial charge in [0.15, 0.2) is 0 Å². The van der Waals surface area contributed by atoms with Crippen LogP contribution < -0.4 is 5.32 Å². The van der Waals surface area contributed by atoms with Crippen molar-refractivity contribution < 1.29 is 33.0 Å². The lowest BCUT2D eigenvalue weighted by Gasteiger charge is -2.35. The Morgan fingerprint density at radius 1 is 1.16 bits per heavy atom. The topological polar surface area (TPSA) is 89.9 Å². The van der Waals surface area contributed by atoms with Gasteiger partial charge in [-0.2, -0.15) is 8.78 Å². The third kappa shape index (κ3) is 4.84. The molecule has 1 heterocycles. The molecular weight excluding hydrogens is 437 g/mol. The van der Waals surface area contributed by atoms with Crippen LogP contribution in [0.25, 0.3) is 0 Å². The van der Waals surface area contributed by atoms with Crippen molar-refractivity contribution >= 4 is 29.1 Å². The molecule has 2 atom stereocenters. The Balaban J connectivity index is 1.84. The van der Waals surface area contributed by atoms with Crippen LogP contribution in [0.2, 0.25) is 5.02 Å². The lowest BCUT2D eigenvalue weighted by molar-refractivity contribution is -0.165. The number of aliphatic hydroxyl groups excluding tert-OH is 2. The summed E-state index contributed by atoms with van der Waals surface area (Å²) >= 11 is 5.91. The maximum Gasteiger partial charge on any atom is 0.351 e. The molecule has 1 saturated heterocycles. The van der Waals surface area contributed by atoms with E-state index in [1.807, 2.05) is 0 Å². The van der Waals surface area contributed by atoms with Crippen LogP contribution in [-0.2, 0) is 10.7 Å². The maximum atomic E-state index is 15.0. The number of benzene rings is 2. The number of hydrogen-bond donors (Lipinski definition) is 3. The normalized spacial score (nSPS) is 19.3. The Morgan fingerprint density at radius 3 is 2.52 bits per heavy atom. The van der Waals surface area contributed by atoms with Crippen molar-refractivity contribution in [1.29, 1.82) is 0 Å². The number of nitrogens with zero attached hydrogens (tertiary/aromatic N) is 1. The average molecular weight is 457 g/mol. The van der Waals surface area contributed by atoms with Crippen LogP contribution in [0.15, 0.2) is 36.4 Å². The molecule has 0 saturated carbocycles. The predicted octanol–water partition coefficient (Wildman–Crippen LogP) is 3.09. The van der Waals surface area contributed by atoms with Crippen LogP contribution in [0.5, 0.6) is 0 Å². The molecule has 31 heavy (non-hydrogen) atoms. The number of carbonyl (C=O) groups excluding carboxylic acids is 2. The number of aryl methyl sites for hydroxylation is 1. The van der Waals surface area contributed by atoms with E-state index in [9.17, 15) is 33.0 Å². The molecule has 0 bridgehead atoms. The largest absolute Gasteiger partial charge is 0.390 e. The molecule has 0 aliphatic carbocycles. The minimum atomic E-state index is -4.07. The number of rotatable bonds is 4. The third-order valence-electron chi connectivity index (χ3n) is 5.08. The second kappa shape index (κ2) is 8.86. The number of hydrogen-bond acceptors (Lipinski definition) is 4. The first kappa shape index (κ1) is 23.1. The van der Waals surface area contributed by atoms with E-state index in [1.165, 1.54) is 25.1 Å². The van der Waals surface area contributed by atoms with Gasteiger partial charge >= 0.3 is 5.92 Å². The first-order valence-corrected chi connectivity index (χ1v) is 9.79. The fraction of sp³-hybridized carbons (Fsp3) is 0.333. The Bertz CT molecular complexity index is 1020. The third-order valence-corrected chi connectivity index (χ3v) is 5.41. The fourth-order valence-corrected chi connectivity index (χ4v) is 3.49. The standard InChI is InChI=1S/C21H20ClF3N2O4/c1-11-8-13(3-5-16(11)23)26-19(30)12-2-4-15(22)14(9-12)21(24,25)20(31)27-7-6-17(28)18(29)10-27/h2-5,8-9,17-18,28-29H,6-7,10H2,1H3,(H,26,30)/t17-,18-/m1/s1. The Morgan fingerprint density at radius 2 is 1.87 bits per heavy atom. The fourth-order valence-electron chi connectivity index (χ4n) is 3.25. The van der Waals surface area contributed by atoms with Gasteiger partial charge in [0.25, 0.3) is 11.8 Å². The molecule has 3 rings (SSSR count). The molecule has 1 aliphatic heterocycles. The summed E-state index contributed by atoms with van der Waals surface area (Å²) in [6, 6.07) is 7.00. The van der Waals surface area contributed by atoms with E-state index in [4.69, 9.17) is 11.6 Å². The molecule has 0 spiro atoms. The van der Waals surface area contributed by atoms with E-state index in [-0.39, 0.29) is 24.2 Å². The van der Waals surface area contributed by atoms with E-state index >= 15 is 0 Å². The summed E-state index contributed by atoms with van der Waals surface area (Å²) in [5, 5.41) is 21.3. The van der Waals surface area contributed by atoms with Crippen molar-refractivity contribution in [1.82, 2.24) is 4.90 Å². The number of piperidine rings is 1. The van der Waals surface area contributed by atoms with E-state index in [0.717, 1.165) is 23.1 Å². The number of amides is 2. The zero-order valence-corrected chi connectivity index (χ0v) is 17.2. The van der Waals surface area contributed by atoms with Crippen LogP contribution in [0.4, 0.5) is 18.9 Å². The molecule has 166 valence electrons. The summed E-state index contributed by atoms with van der Waals surface area (Å²) in [5.41, 5.74) is -0.477. The van der Waals surface area contributed by atoms with Gasteiger partial charge < -0.3 is 20.4 Å². The van der Waals surface area contributed by atoms with Crippen molar-refractivity contribution in [3.63, 3.8) is 0 Å². The zero-order chi connectivity index (χ0) is 22.9. The number of nitrogens with one attached hydrogen (secondary N) is 1. The van der Waals surface area contributed by atoms with Crippen molar-refractivity contribution in [2.24, 2.45) is 0 Å². The highest BCUT2D eigenvalue weighted by atomic mass is 35.5. The maximum absolute atomic E-state index is 15.0. The molecular formula is C21H20ClF3N2O4. The second-order valence-corrected chi connectivity index (χ2v) is 7.77. The molecule has 0 radical (unpaired) electrons. The number of halogens is 4. The monoisotopic (exact) mass is 456 g/mol. The number of β-amino-alcohol motifs (C(OH)–C–C–N with tert-alkyl or cyclic N) is 1. The summed E-state index contributed by atoms with van der Waals surface area (Å²) in [6.45, 7) is 0.903. The molecule has 2 amide bonds. The first-order chi connectivity index (χ1) is 14.5. The molecule has 0 unspecified atom stereocenters. The first-order valence-electron chi connectivity index (χ1n) is 9.41. The van der Waals surface area contributed by atoms with E-state index < -0.39 is 52.9 Å². The van der Waals surface area contributed by atoms with Crippen molar-refractivity contribution in [2.75, 3.05) is 18.4 Å². The highest BCUT2D eigenvalue weighted by molar-refractivity contribution is 6.32. The lowest BCUT2D eigenvalue weighted by Crippen LogP contribution is -2.52. The highest BCUT2D eigenvalue weighted by Crippen LogP contribution is 2.36. The summed E-state index contributed by atoms with van der Waals surface area (Å²) in [6.07, 6.45) is -2.47. The van der Waals surface area contributed by atoms with Crippen molar-refractivity contribution in [3.8, 4) is 0 Å². The van der Waals surface area contributed by atoms with Crippen molar-refractivity contribution in [2.45, 2.75) is 31.5 Å². The van der Waals surface area contributed by atoms with Gasteiger partial charge in [0.2, 0.25) is 0 Å². The summed E-state index contributed by atoms with van der Waals surface area (Å²) < 4.78 is 43.4. The number of anilines is 1. The van der Waals surface area contributed by atoms with Crippen LogP contribution in [0.3, 0.4) is 0 Å². The minimum Gasteiger partial charge on any atom is -0.390 e. The summed E-state index contributed by atoms with van der Waals surface area (Å²) in [4.78, 5) is 25.7. The van der Waals surface area contributed by atoms with Crippen LogP contribution >= 0.6 is 11.6 Å². The quantitative estimate of drug-likeness (QED) is 0.659. The number of likely N-dealkylation sites (tertiary alicyclic amines) is 1. The van der Waals surface area contributed by atoms with Gasteiger partial charge in [0, 0.05) is 24.3 Å². The van der Waals surface area contributed by atoms with Gasteiger partial charge in [-0.1, -0.05) is 11.6 Å². The Labute approximate surface area is 181 Å². The van der Waals surface area contributed by atoms with Crippen LogP contribution in [0.1, 0.15) is 27.9 Å². The highest BCUT2D eigenvalue weighted by Gasteiger charge is 2.47. The van der Waals surface area contributed by atoms with E-state index in [2.05, 4.69) is 5.32 Å². The van der Waals surface area contributed by atoms with Gasteiger partial charge in [-0.15, -0.1) is 0 Å². The van der Waals surface area contributed by atoms with E-state index in [1.54, 1.807) is 0 Å². The number of aliphatic hydroxyl groups is 2. The molecule has 2 aromatic carbocycles. The van der Waals surface area contributed by atoms with Gasteiger partial charge in [-0.05, 0) is 55.3 Å². The molecule has 3 N–H and O–H groups in total. The molecule has 6 nitrogen and oxygen atoms in total. The molecule has 1 fully saturated rings. The molecule has 0 aromatic heterocycles. The van der Waals surface area contributed by atoms with Crippen LogP contribution in [0, 0.1) is 12.7 Å². The predicted molar refractivity (Wildman–Crippen MR) is 108 cm³/mol. The number of alkyl halides is 2. The second-order valence-electron chi connectivity index (χ2n) is 7.36. The van der Waals surface area contributed by atoms with Gasteiger partial charge in [0.05, 0.1) is 22.8 Å². The Kier molecular flexibility index (Phi) is 6.59. The smallest absolute Gasteiger partial charge is 0.351 e. The molecule has 10 heteroatoms. The van der Waals surface area contributed by atoms with Gasteiger partial charge in [-0.25, -0.2) is 4.39 Å². The molecule has 1 aliphatic rings. The van der Waals surface area contributed by atoms with Gasteiger partial charge in [0.1, 0.15) is 5.82 Å². The summed E-state index contributed by atoms with van der Waals surface area (Å²) in [7, 11) is 0. The summed E-state index contributed by atoms with van der Waals surface area (Å²) in [5.74, 6) is -6.86. The zero-order valence-electron chi connectivity index (χ0n) is 16.4. The van der Waals surface area contributed by atoms with Gasteiger partial charge in [-0.3, -0.25) is 9.59 Å². The van der Waals surface area contributed by atoms with Crippen LogP contribution in [-0.4, -0.2) is 52.2 Å². The molecule has 2 aromatic rings. The van der Waals surface area contributed by atoms with Crippen molar-refractivity contribution in [3.05, 3.63) is 63.9 Å². The minimum absolute atomic E-state index is 0.0454. The SMILES string of the molecule is Cc1cc(NC(=O)c2ccc(Cl)c(C(F)(F)C(=O)N3CC[C@@H](O)[C@H](O)C3)c2)ccc1F. The average Bonchev–Trinajstić information content (AvgIpc) is 2.72. The Hall–Kier alpha value is -2.62. The number of carbonyl (C=O) groups is 2. The van der Waals surface area contributed by atoms with E-state index in [0.29, 0.717) is 5.56 Å².